The largest absolute Gasteiger partial charge is 0.334 e. The van der Waals surface area contributed by atoms with Crippen LogP contribution in [0.25, 0.3) is 0 Å². The van der Waals surface area contributed by atoms with Gasteiger partial charge in [0.1, 0.15) is 0 Å². The van der Waals surface area contributed by atoms with E-state index in [-0.39, 0.29) is 5.91 Å². The van der Waals surface area contributed by atoms with Gasteiger partial charge in [0.15, 0.2) is 0 Å². The van der Waals surface area contributed by atoms with E-state index in [1.165, 1.54) is 25.7 Å². The number of carbonyl (C=O) groups is 1. The molecule has 1 saturated carbocycles. The number of amides is 1. The van der Waals surface area contributed by atoms with E-state index in [9.17, 15) is 4.79 Å². The number of hydrogen-bond donors (Lipinski definition) is 1. The Morgan fingerprint density at radius 1 is 1.22 bits per heavy atom. The number of carbonyl (C=O) groups excluding carboxylic acids is 1. The topological polar surface area (TPSA) is 32.3 Å². The fraction of sp³-hybridized carbons (Fsp3) is 0.533. The molecular weight excluding hydrogens is 224 g/mol. The van der Waals surface area contributed by atoms with Gasteiger partial charge in [0.2, 0.25) is 0 Å². The van der Waals surface area contributed by atoms with E-state index < -0.39 is 0 Å². The smallest absolute Gasteiger partial charge is 0.254 e. The summed E-state index contributed by atoms with van der Waals surface area (Å²) in [5.74, 6) is 0.201. The lowest BCUT2D eigenvalue weighted by atomic mass is 10.1. The number of nitrogens with zero attached hydrogens (tertiary/aromatic N) is 1. The minimum absolute atomic E-state index is 0.201. The van der Waals surface area contributed by atoms with E-state index in [4.69, 9.17) is 0 Å². The van der Waals surface area contributed by atoms with Gasteiger partial charge in [-0.25, -0.2) is 0 Å². The Morgan fingerprint density at radius 2 is 2.00 bits per heavy atom. The minimum atomic E-state index is 0.201. The molecule has 1 aliphatic heterocycles. The molecule has 0 spiro atoms. The third-order valence-electron chi connectivity index (χ3n) is 3.85. The van der Waals surface area contributed by atoms with Crippen molar-refractivity contribution in [2.24, 2.45) is 0 Å². The summed E-state index contributed by atoms with van der Waals surface area (Å²) in [6.07, 6.45) is 4.78. The van der Waals surface area contributed by atoms with Gasteiger partial charge in [-0.15, -0.1) is 0 Å². The SMILES string of the molecule is O=C(c1ccccc1)N(CC1CCCN1)C1CC1. The first-order chi connectivity index (χ1) is 8.84. The van der Waals surface area contributed by atoms with Crippen molar-refractivity contribution in [3.63, 3.8) is 0 Å². The van der Waals surface area contributed by atoms with E-state index in [1.807, 2.05) is 30.3 Å². The second kappa shape index (κ2) is 5.11. The third kappa shape index (κ3) is 2.56. The molecule has 0 bridgehead atoms. The Bertz CT molecular complexity index is 408. The fourth-order valence-electron chi connectivity index (χ4n) is 2.68. The molecule has 1 aromatic rings. The van der Waals surface area contributed by atoms with Crippen LogP contribution in [0.3, 0.4) is 0 Å². The van der Waals surface area contributed by atoms with Gasteiger partial charge in [-0.2, -0.15) is 0 Å². The lowest BCUT2D eigenvalue weighted by Crippen LogP contribution is -2.42. The van der Waals surface area contributed by atoms with Crippen LogP contribution in [0.4, 0.5) is 0 Å². The summed E-state index contributed by atoms with van der Waals surface area (Å²) in [5, 5.41) is 3.48. The van der Waals surface area contributed by atoms with Crippen LogP contribution in [0.2, 0.25) is 0 Å². The Labute approximate surface area is 108 Å². The maximum absolute atomic E-state index is 12.5. The fourth-order valence-corrected chi connectivity index (χ4v) is 2.68. The molecule has 1 aromatic carbocycles. The predicted octanol–water partition coefficient (Wildman–Crippen LogP) is 2.04. The van der Waals surface area contributed by atoms with Crippen LogP contribution < -0.4 is 5.32 Å². The summed E-state index contributed by atoms with van der Waals surface area (Å²) >= 11 is 0. The first-order valence-corrected chi connectivity index (χ1v) is 6.94. The molecule has 1 atom stereocenters. The van der Waals surface area contributed by atoms with Crippen molar-refractivity contribution >= 4 is 5.91 Å². The summed E-state index contributed by atoms with van der Waals surface area (Å²) in [6, 6.07) is 10.6. The zero-order valence-electron chi connectivity index (χ0n) is 10.6. The molecule has 1 unspecified atom stereocenters. The lowest BCUT2D eigenvalue weighted by Gasteiger charge is -2.26. The van der Waals surface area contributed by atoms with Gasteiger partial charge >= 0.3 is 0 Å². The van der Waals surface area contributed by atoms with Crippen LogP contribution in [0.15, 0.2) is 30.3 Å². The average molecular weight is 244 g/mol. The second-order valence-corrected chi connectivity index (χ2v) is 5.35. The molecule has 0 radical (unpaired) electrons. The molecule has 96 valence electrons. The molecule has 0 aromatic heterocycles. The van der Waals surface area contributed by atoms with Crippen LogP contribution in [0, 0.1) is 0 Å². The quantitative estimate of drug-likeness (QED) is 0.879. The number of benzene rings is 1. The average Bonchev–Trinajstić information content (AvgIpc) is 3.13. The predicted molar refractivity (Wildman–Crippen MR) is 71.5 cm³/mol. The molecule has 18 heavy (non-hydrogen) atoms. The number of hydrogen-bond acceptors (Lipinski definition) is 2. The molecule has 1 heterocycles. The van der Waals surface area contributed by atoms with Gasteiger partial charge in [0.25, 0.3) is 5.91 Å². The van der Waals surface area contributed by atoms with Gasteiger partial charge in [-0.1, -0.05) is 18.2 Å². The third-order valence-corrected chi connectivity index (χ3v) is 3.85. The van der Waals surface area contributed by atoms with Gasteiger partial charge in [0, 0.05) is 24.2 Å². The van der Waals surface area contributed by atoms with Crippen molar-refractivity contribution in [2.45, 2.75) is 37.8 Å². The van der Waals surface area contributed by atoms with Crippen LogP contribution in [-0.2, 0) is 0 Å². The highest BCUT2D eigenvalue weighted by molar-refractivity contribution is 5.94. The Balaban J connectivity index is 1.71. The van der Waals surface area contributed by atoms with Gasteiger partial charge in [-0.3, -0.25) is 4.79 Å². The Hall–Kier alpha value is -1.35. The normalized spacial score (nSPS) is 23.0. The summed E-state index contributed by atoms with van der Waals surface area (Å²) in [7, 11) is 0. The molecule has 2 fully saturated rings. The van der Waals surface area contributed by atoms with Crippen LogP contribution in [0.5, 0.6) is 0 Å². The van der Waals surface area contributed by atoms with Crippen LogP contribution >= 0.6 is 0 Å². The van der Waals surface area contributed by atoms with E-state index in [1.54, 1.807) is 0 Å². The van der Waals surface area contributed by atoms with E-state index in [2.05, 4.69) is 10.2 Å². The molecule has 1 aliphatic carbocycles. The highest BCUT2D eigenvalue weighted by Gasteiger charge is 2.34. The molecule has 2 aliphatic rings. The first kappa shape index (κ1) is 11.7. The van der Waals surface area contributed by atoms with Crippen molar-refractivity contribution in [2.75, 3.05) is 13.1 Å². The van der Waals surface area contributed by atoms with E-state index >= 15 is 0 Å². The molecule has 1 N–H and O–H groups in total. The van der Waals surface area contributed by atoms with Crippen molar-refractivity contribution in [3.05, 3.63) is 35.9 Å². The molecule has 3 heteroatoms. The van der Waals surface area contributed by atoms with E-state index in [0.29, 0.717) is 12.1 Å². The summed E-state index contributed by atoms with van der Waals surface area (Å²) in [6.45, 7) is 1.97. The maximum Gasteiger partial charge on any atom is 0.254 e. The summed E-state index contributed by atoms with van der Waals surface area (Å²) < 4.78 is 0. The van der Waals surface area contributed by atoms with Crippen LogP contribution in [-0.4, -0.2) is 36.0 Å². The zero-order valence-corrected chi connectivity index (χ0v) is 10.6. The maximum atomic E-state index is 12.5. The van der Waals surface area contributed by atoms with Crippen molar-refractivity contribution in [1.82, 2.24) is 10.2 Å². The lowest BCUT2D eigenvalue weighted by molar-refractivity contribution is 0.0728. The van der Waals surface area contributed by atoms with Crippen molar-refractivity contribution < 1.29 is 4.79 Å². The van der Waals surface area contributed by atoms with Crippen molar-refractivity contribution in [1.29, 1.82) is 0 Å². The van der Waals surface area contributed by atoms with Gasteiger partial charge < -0.3 is 10.2 Å². The second-order valence-electron chi connectivity index (χ2n) is 5.35. The number of nitrogens with one attached hydrogen (secondary N) is 1. The molecular formula is C15H20N2O. The molecule has 3 rings (SSSR count). The zero-order chi connectivity index (χ0) is 12.4. The summed E-state index contributed by atoms with van der Waals surface area (Å²) in [4.78, 5) is 14.6. The monoisotopic (exact) mass is 244 g/mol. The Kier molecular flexibility index (Phi) is 3.33. The van der Waals surface area contributed by atoms with Gasteiger partial charge in [0.05, 0.1) is 0 Å². The van der Waals surface area contributed by atoms with Crippen molar-refractivity contribution in [3.8, 4) is 0 Å². The molecule has 1 saturated heterocycles. The minimum Gasteiger partial charge on any atom is -0.334 e. The Morgan fingerprint density at radius 3 is 2.61 bits per heavy atom. The van der Waals surface area contributed by atoms with Gasteiger partial charge in [-0.05, 0) is 44.4 Å². The highest BCUT2D eigenvalue weighted by atomic mass is 16.2. The standard InChI is InChI=1S/C15H20N2O/c18-15(12-5-2-1-3-6-12)17(14-8-9-14)11-13-7-4-10-16-13/h1-3,5-6,13-14,16H,4,7-11H2. The first-order valence-electron chi connectivity index (χ1n) is 6.94. The highest BCUT2D eigenvalue weighted by Crippen LogP contribution is 2.29. The van der Waals surface area contributed by atoms with E-state index in [0.717, 1.165) is 18.7 Å². The number of rotatable bonds is 4. The summed E-state index contributed by atoms with van der Waals surface area (Å²) in [5.41, 5.74) is 0.822. The molecule has 1 amide bonds. The van der Waals surface area contributed by atoms with Crippen LogP contribution in [0.1, 0.15) is 36.0 Å². The molecule has 3 nitrogen and oxygen atoms in total.